The van der Waals surface area contributed by atoms with E-state index in [1.165, 1.54) is 0 Å². The molecule has 0 aliphatic heterocycles. The summed E-state index contributed by atoms with van der Waals surface area (Å²) in [4.78, 5) is 12.1. The zero-order valence-corrected chi connectivity index (χ0v) is 12.5. The average Bonchev–Trinajstić information content (AvgIpc) is 3.26. The van der Waals surface area contributed by atoms with Crippen LogP contribution in [0, 0.1) is 5.92 Å². The van der Waals surface area contributed by atoms with E-state index in [9.17, 15) is 4.79 Å². The van der Waals surface area contributed by atoms with E-state index in [-0.39, 0.29) is 12.1 Å². The highest BCUT2D eigenvalue weighted by Crippen LogP contribution is 2.41. The highest BCUT2D eigenvalue weighted by molar-refractivity contribution is 5.74. The van der Waals surface area contributed by atoms with E-state index in [0.29, 0.717) is 12.5 Å². The summed E-state index contributed by atoms with van der Waals surface area (Å²) in [5, 5.41) is 5.88. The van der Waals surface area contributed by atoms with Crippen LogP contribution in [0.5, 0.6) is 5.75 Å². The van der Waals surface area contributed by atoms with Gasteiger partial charge in [0.25, 0.3) is 0 Å². The van der Waals surface area contributed by atoms with Gasteiger partial charge in [-0.05, 0) is 48.6 Å². The maximum absolute atomic E-state index is 12.1. The molecule has 1 aromatic carbocycles. The van der Waals surface area contributed by atoms with Crippen LogP contribution >= 0.6 is 0 Å². The van der Waals surface area contributed by atoms with Gasteiger partial charge in [0.05, 0.1) is 26.0 Å². The molecule has 1 saturated carbocycles. The van der Waals surface area contributed by atoms with Crippen LogP contribution in [0.4, 0.5) is 4.79 Å². The van der Waals surface area contributed by atoms with Gasteiger partial charge in [0, 0.05) is 0 Å². The highest BCUT2D eigenvalue weighted by atomic mass is 16.5. The van der Waals surface area contributed by atoms with Gasteiger partial charge in [-0.1, -0.05) is 12.1 Å². The summed E-state index contributed by atoms with van der Waals surface area (Å²) in [6.45, 7) is 0.388. The minimum absolute atomic E-state index is 0.0440. The minimum atomic E-state index is -0.177. The second kappa shape index (κ2) is 6.56. The standard InChI is InChI=1S/C17H20N2O3/c1-21-14-8-6-13(7-9-14)16(12-4-5-12)19-17(20)18-11-15-3-2-10-22-15/h2-3,6-10,12,16H,4-5,11H2,1H3,(H2,18,19,20). The van der Waals surface area contributed by atoms with E-state index >= 15 is 0 Å². The van der Waals surface area contributed by atoms with Crippen LogP contribution in [0.3, 0.4) is 0 Å². The number of nitrogens with one attached hydrogen (secondary N) is 2. The Morgan fingerprint density at radius 3 is 2.68 bits per heavy atom. The minimum Gasteiger partial charge on any atom is -0.497 e. The lowest BCUT2D eigenvalue weighted by atomic mass is 10.0. The first-order valence-electron chi connectivity index (χ1n) is 7.47. The molecular formula is C17H20N2O3. The van der Waals surface area contributed by atoms with E-state index in [0.717, 1.165) is 29.9 Å². The van der Waals surface area contributed by atoms with Gasteiger partial charge in [0.2, 0.25) is 0 Å². The van der Waals surface area contributed by atoms with Crippen LogP contribution in [-0.2, 0) is 6.54 Å². The number of hydrogen-bond acceptors (Lipinski definition) is 3. The fourth-order valence-corrected chi connectivity index (χ4v) is 2.49. The number of benzene rings is 1. The van der Waals surface area contributed by atoms with Crippen molar-refractivity contribution < 1.29 is 13.9 Å². The smallest absolute Gasteiger partial charge is 0.315 e. The van der Waals surface area contributed by atoms with Crippen molar-refractivity contribution in [2.45, 2.75) is 25.4 Å². The predicted octanol–water partition coefficient (Wildman–Crippen LogP) is 3.24. The van der Waals surface area contributed by atoms with Gasteiger partial charge >= 0.3 is 6.03 Å². The molecule has 0 radical (unpaired) electrons. The van der Waals surface area contributed by atoms with Gasteiger partial charge in [-0.2, -0.15) is 0 Å². The fourth-order valence-electron chi connectivity index (χ4n) is 2.49. The fraction of sp³-hybridized carbons (Fsp3) is 0.353. The SMILES string of the molecule is COc1ccc(C(NC(=O)NCc2ccco2)C2CC2)cc1. The number of rotatable bonds is 6. The molecule has 22 heavy (non-hydrogen) atoms. The number of methoxy groups -OCH3 is 1. The topological polar surface area (TPSA) is 63.5 Å². The third-order valence-electron chi connectivity index (χ3n) is 3.86. The van der Waals surface area contributed by atoms with Crippen LogP contribution in [0.15, 0.2) is 47.1 Å². The van der Waals surface area contributed by atoms with Gasteiger partial charge in [-0.3, -0.25) is 0 Å². The second-order valence-electron chi connectivity index (χ2n) is 5.49. The molecule has 1 aromatic heterocycles. The monoisotopic (exact) mass is 300 g/mol. The summed E-state index contributed by atoms with van der Waals surface area (Å²) in [7, 11) is 1.65. The molecule has 3 rings (SSSR count). The van der Waals surface area contributed by atoms with Crippen LogP contribution in [0.1, 0.15) is 30.2 Å². The Balaban J connectivity index is 1.60. The number of carbonyl (C=O) groups excluding carboxylic acids is 1. The van der Waals surface area contributed by atoms with Crippen LogP contribution in [0.2, 0.25) is 0 Å². The lowest BCUT2D eigenvalue weighted by Crippen LogP contribution is -2.38. The molecule has 1 aliphatic rings. The zero-order chi connectivity index (χ0) is 15.4. The van der Waals surface area contributed by atoms with Gasteiger partial charge in [-0.25, -0.2) is 4.79 Å². The summed E-state index contributed by atoms with van der Waals surface area (Å²) in [5.41, 5.74) is 1.11. The quantitative estimate of drug-likeness (QED) is 0.861. The largest absolute Gasteiger partial charge is 0.497 e. The molecule has 0 bridgehead atoms. The van der Waals surface area contributed by atoms with Crippen molar-refractivity contribution in [3.05, 3.63) is 54.0 Å². The predicted molar refractivity (Wildman–Crippen MR) is 82.5 cm³/mol. The maximum Gasteiger partial charge on any atom is 0.315 e. The second-order valence-corrected chi connectivity index (χ2v) is 5.49. The summed E-state index contributed by atoms with van der Waals surface area (Å²) < 4.78 is 10.4. The first-order chi connectivity index (χ1) is 10.8. The van der Waals surface area contributed by atoms with Crippen molar-refractivity contribution in [2.24, 2.45) is 5.92 Å². The Hall–Kier alpha value is -2.43. The molecule has 1 heterocycles. The number of ether oxygens (including phenoxy) is 1. The average molecular weight is 300 g/mol. The van der Waals surface area contributed by atoms with Crippen molar-refractivity contribution >= 4 is 6.03 Å². The van der Waals surface area contributed by atoms with E-state index < -0.39 is 0 Å². The Labute approximate surface area is 129 Å². The van der Waals surface area contributed by atoms with E-state index in [1.807, 2.05) is 30.3 Å². The Bertz CT molecular complexity index is 603. The molecule has 1 atom stereocenters. The van der Waals surface area contributed by atoms with Crippen molar-refractivity contribution in [2.75, 3.05) is 7.11 Å². The van der Waals surface area contributed by atoms with Crippen molar-refractivity contribution in [1.82, 2.24) is 10.6 Å². The molecule has 1 fully saturated rings. The zero-order valence-electron chi connectivity index (χ0n) is 12.5. The first kappa shape index (κ1) is 14.5. The molecular weight excluding hydrogens is 280 g/mol. The number of hydrogen-bond donors (Lipinski definition) is 2. The molecule has 5 heteroatoms. The third kappa shape index (κ3) is 3.61. The van der Waals surface area contributed by atoms with Gasteiger partial charge < -0.3 is 19.8 Å². The highest BCUT2D eigenvalue weighted by Gasteiger charge is 2.33. The normalized spacial score (nSPS) is 15.1. The Morgan fingerprint density at radius 2 is 2.09 bits per heavy atom. The number of carbonyl (C=O) groups is 1. The maximum atomic E-state index is 12.1. The number of furan rings is 1. The molecule has 2 N–H and O–H groups in total. The molecule has 2 aromatic rings. The van der Waals surface area contributed by atoms with Gasteiger partial charge in [0.1, 0.15) is 11.5 Å². The number of urea groups is 1. The molecule has 0 saturated heterocycles. The molecule has 5 nitrogen and oxygen atoms in total. The lowest BCUT2D eigenvalue weighted by Gasteiger charge is -2.19. The lowest BCUT2D eigenvalue weighted by molar-refractivity contribution is 0.234. The van der Waals surface area contributed by atoms with Crippen LogP contribution in [0.25, 0.3) is 0 Å². The summed E-state index contributed by atoms with van der Waals surface area (Å²) in [6, 6.07) is 11.4. The van der Waals surface area contributed by atoms with Crippen molar-refractivity contribution in [3.8, 4) is 5.75 Å². The third-order valence-corrected chi connectivity index (χ3v) is 3.86. The number of amides is 2. The van der Waals surface area contributed by atoms with E-state index in [4.69, 9.17) is 9.15 Å². The van der Waals surface area contributed by atoms with E-state index in [2.05, 4.69) is 10.6 Å². The van der Waals surface area contributed by atoms with Gasteiger partial charge in [-0.15, -0.1) is 0 Å². The van der Waals surface area contributed by atoms with Crippen molar-refractivity contribution in [1.29, 1.82) is 0 Å². The Morgan fingerprint density at radius 1 is 1.32 bits per heavy atom. The summed E-state index contributed by atoms with van der Waals surface area (Å²) >= 11 is 0. The first-order valence-corrected chi connectivity index (χ1v) is 7.47. The summed E-state index contributed by atoms with van der Waals surface area (Å²) in [6.07, 6.45) is 3.89. The molecule has 2 amide bonds. The van der Waals surface area contributed by atoms with Gasteiger partial charge in [0.15, 0.2) is 0 Å². The van der Waals surface area contributed by atoms with Crippen LogP contribution in [-0.4, -0.2) is 13.1 Å². The summed E-state index contributed by atoms with van der Waals surface area (Å²) in [5.74, 6) is 2.07. The molecule has 1 aliphatic carbocycles. The molecule has 0 spiro atoms. The molecule has 116 valence electrons. The Kier molecular flexibility index (Phi) is 4.32. The van der Waals surface area contributed by atoms with E-state index in [1.54, 1.807) is 19.4 Å². The van der Waals surface area contributed by atoms with Crippen molar-refractivity contribution in [3.63, 3.8) is 0 Å². The van der Waals surface area contributed by atoms with Crippen LogP contribution < -0.4 is 15.4 Å². The molecule has 1 unspecified atom stereocenters.